The Bertz CT molecular complexity index is 716. The zero-order chi connectivity index (χ0) is 17.1. The van der Waals surface area contributed by atoms with Gasteiger partial charge in [-0.2, -0.15) is 0 Å². The molecule has 1 spiro atoms. The highest BCUT2D eigenvalue weighted by molar-refractivity contribution is 8.00. The molecule has 2 aromatic rings. The number of nitrogens with zero attached hydrogens (tertiary/aromatic N) is 1. The zero-order valence-electron chi connectivity index (χ0n) is 14.0. The monoisotopic (exact) mass is 355 g/mol. The second kappa shape index (κ2) is 7.10. The van der Waals surface area contributed by atoms with Gasteiger partial charge in [-0.15, -0.1) is 11.8 Å². The van der Waals surface area contributed by atoms with Crippen LogP contribution in [0.4, 0.5) is 0 Å². The molecule has 2 saturated heterocycles. The first-order chi connectivity index (χ1) is 12.2. The number of likely N-dealkylation sites (tertiary alicyclic amines) is 1. The van der Waals surface area contributed by atoms with Gasteiger partial charge >= 0.3 is 0 Å². The fraction of sp³-hybridized carbons (Fsp3) is 0.350. The summed E-state index contributed by atoms with van der Waals surface area (Å²) in [6, 6.07) is 17.0. The lowest BCUT2D eigenvalue weighted by atomic mass is 10.1. The van der Waals surface area contributed by atoms with E-state index in [-0.39, 0.29) is 10.8 Å². The number of hydrogen-bond acceptors (Lipinski definition) is 4. The molecule has 2 aromatic carbocycles. The van der Waals surface area contributed by atoms with E-state index in [2.05, 4.69) is 0 Å². The van der Waals surface area contributed by atoms with Crippen LogP contribution in [0.3, 0.4) is 0 Å². The van der Waals surface area contributed by atoms with Crippen LogP contribution in [0.25, 0.3) is 0 Å². The maximum absolute atomic E-state index is 12.7. The highest BCUT2D eigenvalue weighted by Crippen LogP contribution is 2.41. The Morgan fingerprint density at radius 3 is 2.32 bits per heavy atom. The SMILES string of the molecule is O=C(c1ccc(Oc2ccccc2)cc1)N1CCC2(CC1)OCCS2. The number of ether oxygens (including phenoxy) is 2. The van der Waals surface area contributed by atoms with Crippen molar-refractivity contribution >= 4 is 17.7 Å². The van der Waals surface area contributed by atoms with Crippen molar-refractivity contribution in [3.05, 3.63) is 60.2 Å². The number of carbonyl (C=O) groups is 1. The van der Waals surface area contributed by atoms with E-state index < -0.39 is 0 Å². The van der Waals surface area contributed by atoms with Gasteiger partial charge in [0.2, 0.25) is 0 Å². The van der Waals surface area contributed by atoms with Crippen LogP contribution in [0.15, 0.2) is 54.6 Å². The van der Waals surface area contributed by atoms with Crippen LogP contribution in [0.2, 0.25) is 0 Å². The van der Waals surface area contributed by atoms with Crippen molar-refractivity contribution in [2.45, 2.75) is 17.8 Å². The summed E-state index contributed by atoms with van der Waals surface area (Å²) in [7, 11) is 0. The minimum absolute atomic E-state index is 0.0375. The highest BCUT2D eigenvalue weighted by Gasteiger charge is 2.40. The van der Waals surface area contributed by atoms with Crippen molar-refractivity contribution in [2.24, 2.45) is 0 Å². The Balaban J connectivity index is 1.38. The van der Waals surface area contributed by atoms with Gasteiger partial charge in [0.1, 0.15) is 16.4 Å². The van der Waals surface area contributed by atoms with E-state index in [4.69, 9.17) is 9.47 Å². The van der Waals surface area contributed by atoms with E-state index in [1.807, 2.05) is 71.3 Å². The summed E-state index contributed by atoms with van der Waals surface area (Å²) >= 11 is 1.90. The van der Waals surface area contributed by atoms with Crippen LogP contribution in [0.5, 0.6) is 11.5 Å². The van der Waals surface area contributed by atoms with Crippen LogP contribution in [0, 0.1) is 0 Å². The predicted molar refractivity (Wildman–Crippen MR) is 99.2 cm³/mol. The highest BCUT2D eigenvalue weighted by atomic mass is 32.2. The molecule has 2 fully saturated rings. The molecule has 1 amide bonds. The summed E-state index contributed by atoms with van der Waals surface area (Å²) in [5.41, 5.74) is 0.705. The van der Waals surface area contributed by atoms with Gasteiger partial charge in [0.15, 0.2) is 0 Å². The smallest absolute Gasteiger partial charge is 0.253 e. The maximum Gasteiger partial charge on any atom is 0.253 e. The molecule has 0 atom stereocenters. The predicted octanol–water partition coefficient (Wildman–Crippen LogP) is 4.17. The van der Waals surface area contributed by atoms with E-state index >= 15 is 0 Å². The average Bonchev–Trinajstić information content (AvgIpc) is 3.11. The van der Waals surface area contributed by atoms with Gasteiger partial charge in [-0.1, -0.05) is 18.2 Å². The third-order valence-electron chi connectivity index (χ3n) is 4.71. The molecule has 130 valence electrons. The van der Waals surface area contributed by atoms with Gasteiger partial charge in [0.05, 0.1) is 6.61 Å². The molecule has 5 heteroatoms. The van der Waals surface area contributed by atoms with Crippen molar-refractivity contribution in [2.75, 3.05) is 25.4 Å². The van der Waals surface area contributed by atoms with Gasteiger partial charge in [-0.25, -0.2) is 0 Å². The molecule has 4 nitrogen and oxygen atoms in total. The summed E-state index contributed by atoms with van der Waals surface area (Å²) in [6.45, 7) is 2.35. The minimum atomic E-state index is -0.0375. The van der Waals surface area contributed by atoms with E-state index in [0.29, 0.717) is 5.56 Å². The maximum atomic E-state index is 12.7. The standard InChI is InChI=1S/C20H21NO3S/c22-19(21-12-10-20(11-13-21)23-14-15-25-20)16-6-8-18(9-7-16)24-17-4-2-1-3-5-17/h1-9H,10-15H2. The number of benzene rings is 2. The molecule has 2 aliphatic heterocycles. The second-order valence-corrected chi connectivity index (χ2v) is 7.78. The van der Waals surface area contributed by atoms with Gasteiger partial charge < -0.3 is 14.4 Å². The van der Waals surface area contributed by atoms with Crippen LogP contribution in [-0.2, 0) is 4.74 Å². The molecule has 0 unspecified atom stereocenters. The van der Waals surface area contributed by atoms with Crippen LogP contribution in [0.1, 0.15) is 23.2 Å². The Kier molecular flexibility index (Phi) is 4.68. The van der Waals surface area contributed by atoms with Gasteiger partial charge in [-0.3, -0.25) is 4.79 Å². The van der Waals surface area contributed by atoms with Gasteiger partial charge in [0, 0.05) is 37.2 Å². The number of amides is 1. The molecule has 0 aliphatic carbocycles. The van der Waals surface area contributed by atoms with Crippen molar-refractivity contribution in [3.63, 3.8) is 0 Å². The summed E-state index contributed by atoms with van der Waals surface area (Å²) in [4.78, 5) is 14.6. The van der Waals surface area contributed by atoms with E-state index in [9.17, 15) is 4.79 Å². The number of rotatable bonds is 3. The lowest BCUT2D eigenvalue weighted by Crippen LogP contribution is -2.45. The first-order valence-electron chi connectivity index (χ1n) is 8.64. The van der Waals surface area contributed by atoms with E-state index in [1.54, 1.807) is 0 Å². The number of thioether (sulfide) groups is 1. The van der Waals surface area contributed by atoms with E-state index in [0.717, 1.165) is 49.8 Å². The van der Waals surface area contributed by atoms with Crippen LogP contribution >= 0.6 is 11.8 Å². The Morgan fingerprint density at radius 2 is 1.68 bits per heavy atom. The van der Waals surface area contributed by atoms with E-state index in [1.165, 1.54) is 0 Å². The quantitative estimate of drug-likeness (QED) is 0.828. The summed E-state index contributed by atoms with van der Waals surface area (Å²) in [6.07, 6.45) is 1.83. The Hall–Kier alpha value is -1.98. The van der Waals surface area contributed by atoms with Crippen LogP contribution in [-0.4, -0.2) is 41.2 Å². The normalized spacial score (nSPS) is 19.1. The third-order valence-corrected chi connectivity index (χ3v) is 6.13. The lowest BCUT2D eigenvalue weighted by Gasteiger charge is -2.37. The molecule has 2 heterocycles. The number of carbonyl (C=O) groups excluding carboxylic acids is 1. The summed E-state index contributed by atoms with van der Waals surface area (Å²) in [5.74, 6) is 2.67. The van der Waals surface area contributed by atoms with Gasteiger partial charge in [-0.05, 0) is 36.4 Å². The second-order valence-electron chi connectivity index (χ2n) is 6.34. The zero-order valence-corrected chi connectivity index (χ0v) is 14.8. The molecular formula is C20H21NO3S. The first kappa shape index (κ1) is 16.5. The number of piperidine rings is 1. The Morgan fingerprint density at radius 1 is 1.00 bits per heavy atom. The molecule has 0 radical (unpaired) electrons. The molecule has 0 bridgehead atoms. The molecule has 0 saturated carbocycles. The first-order valence-corrected chi connectivity index (χ1v) is 9.63. The molecule has 0 N–H and O–H groups in total. The molecule has 25 heavy (non-hydrogen) atoms. The fourth-order valence-electron chi connectivity index (χ4n) is 3.31. The van der Waals surface area contributed by atoms with Crippen molar-refractivity contribution < 1.29 is 14.3 Å². The largest absolute Gasteiger partial charge is 0.457 e. The molecule has 2 aliphatic rings. The number of para-hydroxylation sites is 1. The lowest BCUT2D eigenvalue weighted by molar-refractivity contribution is 0.00353. The van der Waals surface area contributed by atoms with Crippen molar-refractivity contribution in [3.8, 4) is 11.5 Å². The minimum Gasteiger partial charge on any atom is -0.457 e. The third kappa shape index (κ3) is 3.67. The van der Waals surface area contributed by atoms with Gasteiger partial charge in [0.25, 0.3) is 5.91 Å². The summed E-state index contributed by atoms with van der Waals surface area (Å²) < 4.78 is 11.7. The fourth-order valence-corrected chi connectivity index (χ4v) is 4.49. The Labute approximate surface area is 152 Å². The topological polar surface area (TPSA) is 38.8 Å². The average molecular weight is 355 g/mol. The van der Waals surface area contributed by atoms with Crippen molar-refractivity contribution in [1.29, 1.82) is 0 Å². The van der Waals surface area contributed by atoms with Crippen LogP contribution < -0.4 is 4.74 Å². The molecule has 4 rings (SSSR count). The molecule has 0 aromatic heterocycles. The molecular weight excluding hydrogens is 334 g/mol. The van der Waals surface area contributed by atoms with Crippen molar-refractivity contribution in [1.82, 2.24) is 4.90 Å². The summed E-state index contributed by atoms with van der Waals surface area (Å²) in [5, 5.41) is 0. The number of hydrogen-bond donors (Lipinski definition) is 0.